The van der Waals surface area contributed by atoms with Crippen molar-refractivity contribution < 1.29 is 9.59 Å². The number of anilines is 1. The Labute approximate surface area is 114 Å². The molecule has 0 saturated carbocycles. The van der Waals surface area contributed by atoms with Crippen molar-refractivity contribution in [2.75, 3.05) is 4.90 Å². The number of para-hydroxylation sites is 1. The summed E-state index contributed by atoms with van der Waals surface area (Å²) in [5, 5.41) is 0. The summed E-state index contributed by atoms with van der Waals surface area (Å²) in [6.07, 6.45) is 5.80. The average molecular weight is 259 g/mol. The normalized spacial score (nSPS) is 19.2. The summed E-state index contributed by atoms with van der Waals surface area (Å²) < 4.78 is 0. The van der Waals surface area contributed by atoms with Crippen molar-refractivity contribution in [3.05, 3.63) is 30.3 Å². The molecular formula is C16H21NO2. The highest BCUT2D eigenvalue weighted by Crippen LogP contribution is 2.29. The van der Waals surface area contributed by atoms with Gasteiger partial charge in [-0.2, -0.15) is 0 Å². The predicted octanol–water partition coefficient (Wildman–Crippen LogP) is 3.54. The quantitative estimate of drug-likeness (QED) is 0.579. The molecule has 0 N–H and O–H groups in total. The van der Waals surface area contributed by atoms with Crippen molar-refractivity contribution in [1.82, 2.24) is 0 Å². The molecule has 1 fully saturated rings. The zero-order chi connectivity index (χ0) is 13.7. The van der Waals surface area contributed by atoms with E-state index in [0.717, 1.165) is 19.3 Å². The van der Waals surface area contributed by atoms with Crippen LogP contribution in [0.5, 0.6) is 0 Å². The van der Waals surface area contributed by atoms with Crippen LogP contribution in [0.25, 0.3) is 0 Å². The van der Waals surface area contributed by atoms with Crippen molar-refractivity contribution in [2.24, 2.45) is 5.92 Å². The fourth-order valence-corrected chi connectivity index (χ4v) is 2.59. The second-order valence-electron chi connectivity index (χ2n) is 5.15. The molecular weight excluding hydrogens is 238 g/mol. The first-order valence-corrected chi connectivity index (χ1v) is 7.16. The minimum Gasteiger partial charge on any atom is -0.274 e. The van der Waals surface area contributed by atoms with E-state index in [0.29, 0.717) is 12.1 Å². The van der Waals surface area contributed by atoms with Crippen molar-refractivity contribution in [3.8, 4) is 0 Å². The number of rotatable bonds is 6. The molecule has 0 aromatic heterocycles. The van der Waals surface area contributed by atoms with Gasteiger partial charge in [-0.1, -0.05) is 50.8 Å². The maximum absolute atomic E-state index is 12.3. The number of hydrogen-bond acceptors (Lipinski definition) is 2. The van der Waals surface area contributed by atoms with Gasteiger partial charge in [0, 0.05) is 12.3 Å². The van der Waals surface area contributed by atoms with Crippen LogP contribution in [0.1, 0.15) is 45.4 Å². The molecule has 102 valence electrons. The predicted molar refractivity (Wildman–Crippen MR) is 75.8 cm³/mol. The highest BCUT2D eigenvalue weighted by Gasteiger charge is 2.38. The van der Waals surface area contributed by atoms with Crippen LogP contribution in [0.2, 0.25) is 0 Å². The van der Waals surface area contributed by atoms with Crippen molar-refractivity contribution in [3.63, 3.8) is 0 Å². The lowest BCUT2D eigenvalue weighted by atomic mass is 9.99. The van der Waals surface area contributed by atoms with Gasteiger partial charge in [-0.15, -0.1) is 0 Å². The molecule has 1 aromatic carbocycles. The summed E-state index contributed by atoms with van der Waals surface area (Å²) >= 11 is 0. The Morgan fingerprint density at radius 1 is 1.11 bits per heavy atom. The van der Waals surface area contributed by atoms with Gasteiger partial charge >= 0.3 is 0 Å². The second kappa shape index (κ2) is 6.50. The van der Waals surface area contributed by atoms with E-state index in [1.165, 1.54) is 17.7 Å². The third-order valence-corrected chi connectivity index (χ3v) is 3.66. The minimum absolute atomic E-state index is 0.0206. The molecule has 0 spiro atoms. The monoisotopic (exact) mass is 259 g/mol. The van der Waals surface area contributed by atoms with Gasteiger partial charge in [0.25, 0.3) is 0 Å². The Balaban J connectivity index is 1.97. The molecule has 0 radical (unpaired) electrons. The van der Waals surface area contributed by atoms with E-state index in [1.54, 1.807) is 0 Å². The Morgan fingerprint density at radius 3 is 2.53 bits per heavy atom. The summed E-state index contributed by atoms with van der Waals surface area (Å²) in [5.74, 6) is -0.186. The fourth-order valence-electron chi connectivity index (χ4n) is 2.59. The van der Waals surface area contributed by atoms with Crippen LogP contribution in [0.15, 0.2) is 30.3 Å². The molecule has 19 heavy (non-hydrogen) atoms. The zero-order valence-corrected chi connectivity index (χ0v) is 11.5. The van der Waals surface area contributed by atoms with Crippen LogP contribution >= 0.6 is 0 Å². The van der Waals surface area contributed by atoms with Crippen molar-refractivity contribution in [1.29, 1.82) is 0 Å². The number of unbranched alkanes of at least 4 members (excludes halogenated alkanes) is 3. The fraction of sp³-hybridized carbons (Fsp3) is 0.500. The van der Waals surface area contributed by atoms with Crippen LogP contribution in [-0.4, -0.2) is 11.8 Å². The molecule has 0 aliphatic carbocycles. The largest absolute Gasteiger partial charge is 0.274 e. The molecule has 0 unspecified atom stereocenters. The molecule has 1 atom stereocenters. The summed E-state index contributed by atoms with van der Waals surface area (Å²) in [4.78, 5) is 25.6. The highest BCUT2D eigenvalue weighted by molar-refractivity contribution is 6.20. The number of hydrogen-bond donors (Lipinski definition) is 0. The number of imide groups is 1. The van der Waals surface area contributed by atoms with Crippen LogP contribution in [-0.2, 0) is 9.59 Å². The molecule has 1 aliphatic heterocycles. The summed E-state index contributed by atoms with van der Waals surface area (Å²) in [7, 11) is 0. The topological polar surface area (TPSA) is 37.4 Å². The lowest BCUT2D eigenvalue weighted by molar-refractivity contribution is -0.122. The van der Waals surface area contributed by atoms with E-state index >= 15 is 0 Å². The molecule has 1 aromatic rings. The van der Waals surface area contributed by atoms with Crippen molar-refractivity contribution in [2.45, 2.75) is 45.4 Å². The van der Waals surface area contributed by atoms with Gasteiger partial charge < -0.3 is 0 Å². The Kier molecular flexibility index (Phi) is 4.72. The lowest BCUT2D eigenvalue weighted by Gasteiger charge is -2.14. The maximum Gasteiger partial charge on any atom is 0.237 e. The molecule has 3 heteroatoms. The number of benzene rings is 1. The van der Waals surface area contributed by atoms with E-state index in [-0.39, 0.29) is 17.7 Å². The molecule has 2 rings (SSSR count). The zero-order valence-electron chi connectivity index (χ0n) is 11.5. The van der Waals surface area contributed by atoms with E-state index in [2.05, 4.69) is 6.92 Å². The van der Waals surface area contributed by atoms with Gasteiger partial charge in [-0.3, -0.25) is 14.5 Å². The van der Waals surface area contributed by atoms with Gasteiger partial charge in [-0.05, 0) is 18.6 Å². The third-order valence-electron chi connectivity index (χ3n) is 3.66. The SMILES string of the molecule is CCCCCC[C@H]1CC(=O)N(c2ccccc2)C1=O. The minimum atomic E-state index is -0.107. The van der Waals surface area contributed by atoms with Gasteiger partial charge in [0.05, 0.1) is 5.69 Å². The standard InChI is InChI=1S/C16H21NO2/c1-2-3-4-6-9-13-12-15(18)17(16(13)19)14-10-7-5-8-11-14/h5,7-8,10-11,13H,2-4,6,9,12H2,1H3/t13-/m0/s1. The van der Waals surface area contributed by atoms with Crippen LogP contribution in [0.4, 0.5) is 5.69 Å². The first kappa shape index (κ1) is 13.8. The number of amides is 2. The van der Waals surface area contributed by atoms with E-state index < -0.39 is 0 Å². The first-order chi connectivity index (χ1) is 9.24. The molecule has 0 bridgehead atoms. The van der Waals surface area contributed by atoms with E-state index in [1.807, 2.05) is 30.3 Å². The number of nitrogens with zero attached hydrogens (tertiary/aromatic N) is 1. The Morgan fingerprint density at radius 2 is 1.84 bits per heavy atom. The van der Waals surface area contributed by atoms with Crippen LogP contribution < -0.4 is 4.90 Å². The van der Waals surface area contributed by atoms with Gasteiger partial charge in [0.2, 0.25) is 11.8 Å². The van der Waals surface area contributed by atoms with Gasteiger partial charge in [-0.25, -0.2) is 0 Å². The highest BCUT2D eigenvalue weighted by atomic mass is 16.2. The number of carbonyl (C=O) groups is 2. The summed E-state index contributed by atoms with van der Waals surface area (Å²) in [6.45, 7) is 2.17. The average Bonchev–Trinajstić information content (AvgIpc) is 2.71. The molecule has 1 heterocycles. The van der Waals surface area contributed by atoms with Gasteiger partial charge in [0.1, 0.15) is 0 Å². The van der Waals surface area contributed by atoms with Crippen LogP contribution in [0, 0.1) is 5.92 Å². The molecule has 3 nitrogen and oxygen atoms in total. The molecule has 2 amide bonds. The Hall–Kier alpha value is -1.64. The van der Waals surface area contributed by atoms with E-state index in [9.17, 15) is 9.59 Å². The second-order valence-corrected chi connectivity index (χ2v) is 5.15. The van der Waals surface area contributed by atoms with Crippen molar-refractivity contribution >= 4 is 17.5 Å². The third kappa shape index (κ3) is 3.22. The maximum atomic E-state index is 12.3. The van der Waals surface area contributed by atoms with E-state index in [4.69, 9.17) is 0 Å². The first-order valence-electron chi connectivity index (χ1n) is 7.16. The number of carbonyl (C=O) groups excluding carboxylic acids is 2. The summed E-state index contributed by atoms with van der Waals surface area (Å²) in [6, 6.07) is 9.22. The van der Waals surface area contributed by atoms with Gasteiger partial charge in [0.15, 0.2) is 0 Å². The molecule has 1 aliphatic rings. The summed E-state index contributed by atoms with van der Waals surface area (Å²) in [5.41, 5.74) is 0.702. The smallest absolute Gasteiger partial charge is 0.237 e. The lowest BCUT2D eigenvalue weighted by Crippen LogP contribution is -2.30. The molecule has 1 saturated heterocycles. The van der Waals surface area contributed by atoms with Crippen LogP contribution in [0.3, 0.4) is 0 Å². The Bertz CT molecular complexity index is 441.